The minimum Gasteiger partial charge on any atom is -0.374 e. The lowest BCUT2D eigenvalue weighted by atomic mass is 10.00. The van der Waals surface area contributed by atoms with E-state index in [2.05, 4.69) is 51.5 Å². The Bertz CT molecular complexity index is 609. The highest BCUT2D eigenvalue weighted by atomic mass is 32.2. The molecule has 6 heteroatoms. The third-order valence-corrected chi connectivity index (χ3v) is 5.36. The zero-order valence-electron chi connectivity index (χ0n) is 11.7. The molecule has 2 aromatic rings. The number of nitrogens with two attached hydrogens (primary N) is 1. The molecule has 0 unspecified atom stereocenters. The summed E-state index contributed by atoms with van der Waals surface area (Å²) in [7, 11) is 0. The Morgan fingerprint density at radius 3 is 2.76 bits per heavy atom. The van der Waals surface area contributed by atoms with E-state index in [-0.39, 0.29) is 0 Å². The molecule has 1 aromatic heterocycles. The minimum atomic E-state index is 0.547. The fourth-order valence-electron chi connectivity index (χ4n) is 2.37. The molecular formula is C15H18N4S2. The first-order valence-corrected chi connectivity index (χ1v) is 8.80. The molecular weight excluding hydrogens is 300 g/mol. The second-order valence-corrected chi connectivity index (χ2v) is 7.25. The van der Waals surface area contributed by atoms with Crippen LogP contribution in [0.2, 0.25) is 0 Å². The van der Waals surface area contributed by atoms with Gasteiger partial charge in [0.05, 0.1) is 0 Å². The van der Waals surface area contributed by atoms with E-state index in [1.807, 2.05) is 0 Å². The summed E-state index contributed by atoms with van der Waals surface area (Å²) in [6.45, 7) is 3.23. The first-order valence-electron chi connectivity index (χ1n) is 7.00. The van der Waals surface area contributed by atoms with Crippen LogP contribution in [0, 0.1) is 0 Å². The van der Waals surface area contributed by atoms with Gasteiger partial charge in [-0.25, -0.2) is 0 Å². The summed E-state index contributed by atoms with van der Waals surface area (Å²) >= 11 is 3.19. The number of nitrogen functional groups attached to an aromatic ring is 1. The maximum absolute atomic E-state index is 5.58. The average molecular weight is 318 g/mol. The summed E-state index contributed by atoms with van der Waals surface area (Å²) < 4.78 is 0.963. The smallest absolute Gasteiger partial charge is 0.203 e. The van der Waals surface area contributed by atoms with Gasteiger partial charge in [0.25, 0.3) is 0 Å². The van der Waals surface area contributed by atoms with Gasteiger partial charge in [-0.05, 0) is 17.6 Å². The van der Waals surface area contributed by atoms with Gasteiger partial charge in [-0.1, -0.05) is 59.5 Å². The van der Waals surface area contributed by atoms with Crippen LogP contribution in [0.25, 0.3) is 5.57 Å². The van der Waals surface area contributed by atoms with E-state index in [9.17, 15) is 0 Å². The lowest BCUT2D eigenvalue weighted by Gasteiger charge is -2.26. The standard InChI is InChI=1S/C15H18N4S2/c16-14-17-18-15(21-14)20-11-10-19-8-6-13(7-9-19)12-4-2-1-3-5-12/h1-6H,7-11H2,(H2,16,17). The lowest BCUT2D eigenvalue weighted by molar-refractivity contribution is 0.321. The zero-order chi connectivity index (χ0) is 14.5. The molecule has 0 saturated carbocycles. The van der Waals surface area contributed by atoms with Crippen molar-refractivity contribution in [2.75, 3.05) is 31.1 Å². The van der Waals surface area contributed by atoms with E-state index in [1.54, 1.807) is 11.8 Å². The number of hydrogen-bond acceptors (Lipinski definition) is 6. The molecule has 0 fully saturated rings. The summed E-state index contributed by atoms with van der Waals surface area (Å²) in [5.74, 6) is 1.03. The van der Waals surface area contributed by atoms with Gasteiger partial charge in [-0.15, -0.1) is 10.2 Å². The summed E-state index contributed by atoms with van der Waals surface area (Å²) in [6.07, 6.45) is 3.48. The van der Waals surface area contributed by atoms with Gasteiger partial charge in [0.2, 0.25) is 5.13 Å². The van der Waals surface area contributed by atoms with Crippen molar-refractivity contribution in [1.29, 1.82) is 0 Å². The van der Waals surface area contributed by atoms with Gasteiger partial charge >= 0.3 is 0 Å². The Balaban J connectivity index is 1.46. The molecule has 0 radical (unpaired) electrons. The maximum atomic E-state index is 5.58. The second-order valence-electron chi connectivity index (χ2n) is 4.90. The van der Waals surface area contributed by atoms with Gasteiger partial charge in [0.15, 0.2) is 4.34 Å². The Labute approximate surface area is 133 Å². The van der Waals surface area contributed by atoms with E-state index in [1.165, 1.54) is 22.5 Å². The van der Waals surface area contributed by atoms with Gasteiger partial charge < -0.3 is 5.73 Å². The van der Waals surface area contributed by atoms with Crippen molar-refractivity contribution in [3.05, 3.63) is 42.0 Å². The fourth-order valence-corrected chi connectivity index (χ4v) is 4.08. The van der Waals surface area contributed by atoms with Crippen molar-refractivity contribution in [1.82, 2.24) is 15.1 Å². The molecule has 0 atom stereocenters. The fraction of sp³-hybridized carbons (Fsp3) is 0.333. The number of aromatic nitrogens is 2. The zero-order valence-corrected chi connectivity index (χ0v) is 13.4. The molecule has 0 spiro atoms. The predicted molar refractivity (Wildman–Crippen MR) is 90.5 cm³/mol. The second kappa shape index (κ2) is 7.06. The summed E-state index contributed by atoms with van der Waals surface area (Å²) in [4.78, 5) is 2.48. The molecule has 21 heavy (non-hydrogen) atoms. The molecule has 1 aromatic carbocycles. The third-order valence-electron chi connectivity index (χ3n) is 3.49. The lowest BCUT2D eigenvalue weighted by Crippen LogP contribution is -2.30. The molecule has 2 N–H and O–H groups in total. The number of anilines is 1. The molecule has 110 valence electrons. The van der Waals surface area contributed by atoms with Crippen molar-refractivity contribution < 1.29 is 0 Å². The number of rotatable bonds is 5. The van der Waals surface area contributed by atoms with Crippen LogP contribution in [0.1, 0.15) is 12.0 Å². The molecule has 1 aliphatic heterocycles. The van der Waals surface area contributed by atoms with Crippen molar-refractivity contribution >= 4 is 33.8 Å². The predicted octanol–water partition coefficient (Wildman–Crippen LogP) is 3.00. The van der Waals surface area contributed by atoms with Crippen LogP contribution in [-0.4, -0.2) is 40.5 Å². The van der Waals surface area contributed by atoms with Crippen LogP contribution in [0.4, 0.5) is 5.13 Å². The highest BCUT2D eigenvalue weighted by Crippen LogP contribution is 2.25. The van der Waals surface area contributed by atoms with Gasteiger partial charge in [-0.3, -0.25) is 4.90 Å². The van der Waals surface area contributed by atoms with Crippen LogP contribution in [0.3, 0.4) is 0 Å². The van der Waals surface area contributed by atoms with Crippen LogP contribution >= 0.6 is 23.1 Å². The van der Waals surface area contributed by atoms with Crippen LogP contribution in [-0.2, 0) is 0 Å². The Hall–Kier alpha value is -1.37. The Morgan fingerprint density at radius 1 is 1.24 bits per heavy atom. The SMILES string of the molecule is Nc1nnc(SCCN2CC=C(c3ccccc3)CC2)s1. The average Bonchev–Trinajstić information content (AvgIpc) is 2.94. The Morgan fingerprint density at radius 2 is 2.10 bits per heavy atom. The number of nitrogens with zero attached hydrogens (tertiary/aromatic N) is 3. The monoisotopic (exact) mass is 318 g/mol. The number of thioether (sulfide) groups is 1. The minimum absolute atomic E-state index is 0.547. The van der Waals surface area contributed by atoms with Crippen molar-refractivity contribution in [2.45, 2.75) is 10.8 Å². The van der Waals surface area contributed by atoms with Crippen LogP contribution < -0.4 is 5.73 Å². The quantitative estimate of drug-likeness (QED) is 0.859. The third kappa shape index (κ3) is 4.06. The van der Waals surface area contributed by atoms with Gasteiger partial charge in [0.1, 0.15) is 0 Å². The van der Waals surface area contributed by atoms with E-state index in [0.717, 1.165) is 36.1 Å². The summed E-state index contributed by atoms with van der Waals surface area (Å²) in [5, 5.41) is 8.40. The Kier molecular flexibility index (Phi) is 4.90. The molecule has 0 amide bonds. The highest BCUT2D eigenvalue weighted by molar-refractivity contribution is 8.01. The summed E-state index contributed by atoms with van der Waals surface area (Å²) in [6, 6.07) is 10.7. The first kappa shape index (κ1) is 14.6. The molecule has 0 aliphatic carbocycles. The van der Waals surface area contributed by atoms with Crippen LogP contribution in [0.15, 0.2) is 40.7 Å². The van der Waals surface area contributed by atoms with E-state index in [0.29, 0.717) is 5.13 Å². The van der Waals surface area contributed by atoms with E-state index >= 15 is 0 Å². The molecule has 0 saturated heterocycles. The van der Waals surface area contributed by atoms with Crippen molar-refractivity contribution in [2.24, 2.45) is 0 Å². The molecule has 1 aliphatic rings. The molecule has 0 bridgehead atoms. The van der Waals surface area contributed by atoms with E-state index < -0.39 is 0 Å². The number of hydrogen-bond donors (Lipinski definition) is 1. The molecule has 4 nitrogen and oxygen atoms in total. The molecule has 2 heterocycles. The van der Waals surface area contributed by atoms with Crippen molar-refractivity contribution in [3.8, 4) is 0 Å². The number of benzene rings is 1. The topological polar surface area (TPSA) is 55.0 Å². The van der Waals surface area contributed by atoms with E-state index in [4.69, 9.17) is 5.73 Å². The first-order chi connectivity index (χ1) is 10.3. The molecule has 3 rings (SSSR count). The van der Waals surface area contributed by atoms with Gasteiger partial charge in [-0.2, -0.15) is 0 Å². The summed E-state index contributed by atoms with van der Waals surface area (Å²) in [5.41, 5.74) is 8.40. The van der Waals surface area contributed by atoms with Crippen LogP contribution in [0.5, 0.6) is 0 Å². The largest absolute Gasteiger partial charge is 0.374 e. The highest BCUT2D eigenvalue weighted by Gasteiger charge is 2.12. The maximum Gasteiger partial charge on any atom is 0.203 e. The van der Waals surface area contributed by atoms with Crippen molar-refractivity contribution in [3.63, 3.8) is 0 Å². The van der Waals surface area contributed by atoms with Gasteiger partial charge in [0, 0.05) is 25.4 Å². The normalized spacial score (nSPS) is 15.9.